The number of hydrogen-bond acceptors (Lipinski definition) is 5. The summed E-state index contributed by atoms with van der Waals surface area (Å²) in [6, 6.07) is 8.15. The number of anilines is 2. The van der Waals surface area contributed by atoms with Gasteiger partial charge in [0.05, 0.1) is 11.4 Å². The molecule has 0 saturated carbocycles. The number of nitrogen functional groups attached to an aromatic ring is 1. The van der Waals surface area contributed by atoms with E-state index in [0.29, 0.717) is 50.5 Å². The number of benzene rings is 2. The Hall–Kier alpha value is -3.20. The Labute approximate surface area is 179 Å². The topological polar surface area (TPSA) is 81.9 Å². The Morgan fingerprint density at radius 2 is 1.35 bits per heavy atom. The van der Waals surface area contributed by atoms with Crippen LogP contribution in [0.3, 0.4) is 0 Å². The third kappa shape index (κ3) is 4.61. The minimum absolute atomic E-state index is 0.00115. The van der Waals surface area contributed by atoms with E-state index in [1.54, 1.807) is 17.0 Å². The number of piperazine rings is 2. The van der Waals surface area contributed by atoms with Crippen LogP contribution in [0.4, 0.5) is 20.2 Å². The van der Waals surface area contributed by atoms with Gasteiger partial charge in [-0.15, -0.1) is 0 Å². The summed E-state index contributed by atoms with van der Waals surface area (Å²) in [7, 11) is 0. The largest absolute Gasteiger partial charge is 0.397 e. The number of carbonyl (C=O) groups excluding carboxylic acids is 2. The summed E-state index contributed by atoms with van der Waals surface area (Å²) in [5, 5.41) is 3.22. The molecular weight excluding hydrogens is 404 g/mol. The van der Waals surface area contributed by atoms with Crippen molar-refractivity contribution in [3.05, 3.63) is 59.2 Å². The monoisotopic (exact) mass is 429 g/mol. The fraction of sp³-hybridized carbons (Fsp3) is 0.364. The molecule has 0 bridgehead atoms. The summed E-state index contributed by atoms with van der Waals surface area (Å²) in [5.41, 5.74) is 8.12. The van der Waals surface area contributed by atoms with Crippen molar-refractivity contribution in [3.63, 3.8) is 0 Å². The van der Waals surface area contributed by atoms with Crippen molar-refractivity contribution < 1.29 is 18.4 Å². The number of hydrogen-bond donors (Lipinski definition) is 2. The van der Waals surface area contributed by atoms with Crippen molar-refractivity contribution in [1.29, 1.82) is 0 Å². The Bertz CT molecular complexity index is 966. The number of nitrogens with zero attached hydrogens (tertiary/aromatic N) is 3. The Morgan fingerprint density at radius 1 is 0.774 bits per heavy atom. The molecule has 0 spiro atoms. The van der Waals surface area contributed by atoms with E-state index in [0.717, 1.165) is 37.0 Å². The van der Waals surface area contributed by atoms with E-state index in [4.69, 9.17) is 5.73 Å². The van der Waals surface area contributed by atoms with E-state index in [1.165, 1.54) is 0 Å². The SMILES string of the molecule is Nc1cc(C(=O)N2CCNCC2)ccc1N1CCN(C(=O)c2cc(F)cc(F)c2)CC1. The molecule has 2 saturated heterocycles. The molecule has 9 heteroatoms. The van der Waals surface area contributed by atoms with Crippen molar-refractivity contribution in [3.8, 4) is 0 Å². The first kappa shape index (κ1) is 21.0. The lowest BCUT2D eigenvalue weighted by atomic mass is 10.1. The van der Waals surface area contributed by atoms with Crippen LogP contribution >= 0.6 is 0 Å². The number of nitrogens with two attached hydrogens (primary N) is 1. The highest BCUT2D eigenvalue weighted by atomic mass is 19.1. The maximum atomic E-state index is 13.4. The second kappa shape index (κ2) is 8.89. The van der Waals surface area contributed by atoms with E-state index < -0.39 is 17.5 Å². The van der Waals surface area contributed by atoms with Crippen molar-refractivity contribution in [2.75, 3.05) is 63.0 Å². The molecule has 2 heterocycles. The maximum absolute atomic E-state index is 13.4. The fourth-order valence-corrected chi connectivity index (χ4v) is 4.04. The first-order valence-corrected chi connectivity index (χ1v) is 10.3. The maximum Gasteiger partial charge on any atom is 0.254 e. The van der Waals surface area contributed by atoms with E-state index in [1.807, 2.05) is 15.9 Å². The second-order valence-electron chi connectivity index (χ2n) is 7.75. The zero-order valence-corrected chi connectivity index (χ0v) is 17.1. The molecule has 164 valence electrons. The number of nitrogens with one attached hydrogen (secondary N) is 1. The average Bonchev–Trinajstić information content (AvgIpc) is 2.78. The highest BCUT2D eigenvalue weighted by Gasteiger charge is 2.25. The second-order valence-corrected chi connectivity index (χ2v) is 7.75. The van der Waals surface area contributed by atoms with Gasteiger partial charge in [-0.25, -0.2) is 8.78 Å². The van der Waals surface area contributed by atoms with Crippen LogP contribution in [0.25, 0.3) is 0 Å². The number of amides is 2. The number of rotatable bonds is 3. The van der Waals surface area contributed by atoms with Gasteiger partial charge >= 0.3 is 0 Å². The molecule has 0 unspecified atom stereocenters. The van der Waals surface area contributed by atoms with Crippen LogP contribution in [-0.2, 0) is 0 Å². The molecular formula is C22H25F2N5O2. The molecule has 0 radical (unpaired) electrons. The highest BCUT2D eigenvalue weighted by Crippen LogP contribution is 2.26. The highest BCUT2D eigenvalue weighted by molar-refractivity contribution is 5.96. The van der Waals surface area contributed by atoms with Gasteiger partial charge in [-0.2, -0.15) is 0 Å². The lowest BCUT2D eigenvalue weighted by molar-refractivity contribution is 0.0731. The molecule has 2 aliphatic rings. The van der Waals surface area contributed by atoms with E-state index >= 15 is 0 Å². The zero-order valence-electron chi connectivity index (χ0n) is 17.1. The average molecular weight is 429 g/mol. The summed E-state index contributed by atoms with van der Waals surface area (Å²) in [6.07, 6.45) is 0. The van der Waals surface area contributed by atoms with Gasteiger partial charge in [0, 0.05) is 69.6 Å². The molecule has 2 aromatic rings. The summed E-state index contributed by atoms with van der Waals surface area (Å²) < 4.78 is 26.9. The fourth-order valence-electron chi connectivity index (χ4n) is 4.04. The lowest BCUT2D eigenvalue weighted by Crippen LogP contribution is -2.49. The smallest absolute Gasteiger partial charge is 0.254 e. The van der Waals surface area contributed by atoms with Gasteiger partial charge in [-0.1, -0.05) is 0 Å². The van der Waals surface area contributed by atoms with Gasteiger partial charge in [0.1, 0.15) is 11.6 Å². The molecule has 31 heavy (non-hydrogen) atoms. The first-order chi connectivity index (χ1) is 14.9. The van der Waals surface area contributed by atoms with Gasteiger partial charge < -0.3 is 25.8 Å². The molecule has 2 aliphatic heterocycles. The van der Waals surface area contributed by atoms with Gasteiger partial charge in [0.25, 0.3) is 11.8 Å². The minimum atomic E-state index is -0.773. The minimum Gasteiger partial charge on any atom is -0.397 e. The van der Waals surface area contributed by atoms with Crippen molar-refractivity contribution in [2.45, 2.75) is 0 Å². The molecule has 2 amide bonds. The van der Waals surface area contributed by atoms with Crippen LogP contribution < -0.4 is 16.0 Å². The first-order valence-electron chi connectivity index (χ1n) is 10.3. The third-order valence-corrected chi connectivity index (χ3v) is 5.70. The molecule has 3 N–H and O–H groups in total. The molecule has 4 rings (SSSR count). The number of halogens is 2. The van der Waals surface area contributed by atoms with Crippen LogP contribution in [-0.4, -0.2) is 74.0 Å². The summed E-state index contributed by atoms with van der Waals surface area (Å²) in [4.78, 5) is 30.7. The van der Waals surface area contributed by atoms with E-state index in [9.17, 15) is 18.4 Å². The van der Waals surface area contributed by atoms with Crippen LogP contribution in [0.15, 0.2) is 36.4 Å². The van der Waals surface area contributed by atoms with Crippen molar-refractivity contribution in [1.82, 2.24) is 15.1 Å². The van der Waals surface area contributed by atoms with Crippen LogP contribution in [0.5, 0.6) is 0 Å². The number of carbonyl (C=O) groups is 2. The van der Waals surface area contributed by atoms with Gasteiger partial charge in [-0.05, 0) is 30.3 Å². The Morgan fingerprint density at radius 3 is 1.97 bits per heavy atom. The van der Waals surface area contributed by atoms with Crippen LogP contribution in [0.2, 0.25) is 0 Å². The molecule has 2 aromatic carbocycles. The standard InChI is InChI=1S/C22H25F2N5O2/c23-17-11-16(12-18(24)14-17)22(31)29-9-7-27(8-10-29)20-2-1-15(13-19(20)25)21(30)28-5-3-26-4-6-28/h1-2,11-14,26H,3-10,25H2. The summed E-state index contributed by atoms with van der Waals surface area (Å²) in [5.74, 6) is -1.98. The zero-order chi connectivity index (χ0) is 22.0. The van der Waals surface area contributed by atoms with Crippen molar-refractivity contribution in [2.24, 2.45) is 0 Å². The predicted molar refractivity (Wildman–Crippen MR) is 114 cm³/mol. The van der Waals surface area contributed by atoms with E-state index in [-0.39, 0.29) is 11.5 Å². The molecule has 0 aromatic heterocycles. The predicted octanol–water partition coefficient (Wildman–Crippen LogP) is 1.55. The summed E-state index contributed by atoms with van der Waals surface area (Å²) >= 11 is 0. The third-order valence-electron chi connectivity index (χ3n) is 5.70. The quantitative estimate of drug-likeness (QED) is 0.724. The molecule has 7 nitrogen and oxygen atoms in total. The Balaban J connectivity index is 1.40. The van der Waals surface area contributed by atoms with Crippen LogP contribution in [0.1, 0.15) is 20.7 Å². The van der Waals surface area contributed by atoms with E-state index in [2.05, 4.69) is 5.32 Å². The lowest BCUT2D eigenvalue weighted by Gasteiger charge is -2.36. The van der Waals surface area contributed by atoms with Gasteiger partial charge in [0.2, 0.25) is 0 Å². The molecule has 0 aliphatic carbocycles. The molecule has 0 atom stereocenters. The van der Waals surface area contributed by atoms with Gasteiger partial charge in [0.15, 0.2) is 0 Å². The summed E-state index contributed by atoms with van der Waals surface area (Å²) in [6.45, 7) is 4.76. The Kier molecular flexibility index (Phi) is 6.03. The van der Waals surface area contributed by atoms with Gasteiger partial charge in [-0.3, -0.25) is 9.59 Å². The normalized spacial score (nSPS) is 17.0. The van der Waals surface area contributed by atoms with Crippen LogP contribution in [0, 0.1) is 11.6 Å². The van der Waals surface area contributed by atoms with Crippen molar-refractivity contribution >= 4 is 23.2 Å². The molecule has 2 fully saturated rings.